The van der Waals surface area contributed by atoms with E-state index in [2.05, 4.69) is 5.32 Å². The van der Waals surface area contributed by atoms with E-state index in [1.165, 1.54) is 21.3 Å². The van der Waals surface area contributed by atoms with E-state index in [0.29, 0.717) is 48.5 Å². The second-order valence-corrected chi connectivity index (χ2v) is 12.1. The van der Waals surface area contributed by atoms with Crippen LogP contribution in [0.5, 0.6) is 0 Å². The maximum absolute atomic E-state index is 13.0. The quantitative estimate of drug-likeness (QED) is 0.338. The smallest absolute Gasteiger partial charge is 0.341 e. The van der Waals surface area contributed by atoms with Crippen molar-refractivity contribution in [2.45, 2.75) is 43.9 Å². The molecule has 1 aliphatic carbocycles. The predicted octanol–water partition coefficient (Wildman–Crippen LogP) is 4.55. The SMILES string of the molecule is CCOC(=O)c1c(NC(=S)N2CCN(S(=O)(=O)c3ccc(Cl)cc3)CC2)sc2c1CCCCC2. The maximum Gasteiger partial charge on any atom is 0.341 e. The number of carbonyl (C=O) groups excluding carboxylic acids is 1. The molecule has 0 atom stereocenters. The average molecular weight is 542 g/mol. The predicted molar refractivity (Wildman–Crippen MR) is 140 cm³/mol. The summed E-state index contributed by atoms with van der Waals surface area (Å²) in [5.41, 5.74) is 1.69. The summed E-state index contributed by atoms with van der Waals surface area (Å²) in [6.07, 6.45) is 5.17. The van der Waals surface area contributed by atoms with E-state index < -0.39 is 10.0 Å². The van der Waals surface area contributed by atoms with E-state index in [4.69, 9.17) is 28.6 Å². The number of sulfonamides is 1. The number of rotatable bonds is 5. The number of esters is 1. The second kappa shape index (κ2) is 10.9. The molecule has 0 radical (unpaired) electrons. The number of fused-ring (bicyclic) bond motifs is 1. The van der Waals surface area contributed by atoms with Crippen LogP contribution < -0.4 is 5.32 Å². The zero-order valence-electron chi connectivity index (χ0n) is 19.0. The molecule has 4 rings (SSSR count). The Hall–Kier alpha value is -1.72. The highest BCUT2D eigenvalue weighted by molar-refractivity contribution is 7.89. The Morgan fingerprint density at radius 2 is 1.79 bits per heavy atom. The van der Waals surface area contributed by atoms with E-state index in [1.807, 2.05) is 4.90 Å². The van der Waals surface area contributed by atoms with Crippen LogP contribution in [0.4, 0.5) is 5.00 Å². The Kier molecular flexibility index (Phi) is 8.14. The van der Waals surface area contributed by atoms with Crippen molar-refractivity contribution >= 4 is 61.3 Å². The molecule has 1 N–H and O–H groups in total. The minimum Gasteiger partial charge on any atom is -0.462 e. The van der Waals surface area contributed by atoms with Crippen molar-refractivity contribution in [3.8, 4) is 0 Å². The molecule has 34 heavy (non-hydrogen) atoms. The van der Waals surface area contributed by atoms with Crippen molar-refractivity contribution in [3.63, 3.8) is 0 Å². The van der Waals surface area contributed by atoms with Crippen molar-refractivity contribution in [2.24, 2.45) is 0 Å². The number of aryl methyl sites for hydroxylation is 1. The number of ether oxygens (including phenoxy) is 1. The Balaban J connectivity index is 1.45. The van der Waals surface area contributed by atoms with Gasteiger partial charge in [0.25, 0.3) is 0 Å². The van der Waals surface area contributed by atoms with Crippen LogP contribution in [0.3, 0.4) is 0 Å². The molecule has 2 aliphatic rings. The standard InChI is InChI=1S/C23H28ClN3O4S3/c1-2-31-22(28)20-18-6-4-3-5-7-19(18)33-21(20)25-23(32)26-12-14-27(15-13-26)34(29,30)17-10-8-16(24)9-11-17/h8-11H,2-7,12-15H2,1H3,(H,25,32). The molecule has 0 spiro atoms. The molecule has 0 amide bonds. The highest BCUT2D eigenvalue weighted by Crippen LogP contribution is 2.38. The Bertz CT molecular complexity index is 1160. The van der Waals surface area contributed by atoms with Crippen molar-refractivity contribution in [1.29, 1.82) is 0 Å². The van der Waals surface area contributed by atoms with E-state index in [-0.39, 0.29) is 10.9 Å². The number of nitrogens with one attached hydrogen (secondary N) is 1. The zero-order valence-corrected chi connectivity index (χ0v) is 22.2. The molecule has 184 valence electrons. The van der Waals surface area contributed by atoms with Gasteiger partial charge in [-0.3, -0.25) is 0 Å². The number of hydrogen-bond acceptors (Lipinski definition) is 6. The van der Waals surface area contributed by atoms with Gasteiger partial charge in [-0.05, 0) is 74.7 Å². The normalized spacial score (nSPS) is 17.1. The van der Waals surface area contributed by atoms with Gasteiger partial charge < -0.3 is 15.0 Å². The first-order chi connectivity index (χ1) is 16.3. The molecule has 2 aromatic rings. The van der Waals surface area contributed by atoms with E-state index in [1.54, 1.807) is 30.4 Å². The monoisotopic (exact) mass is 541 g/mol. The Morgan fingerprint density at radius 1 is 1.12 bits per heavy atom. The first-order valence-corrected chi connectivity index (χ1v) is 14.5. The molecule has 0 unspecified atom stereocenters. The van der Waals surface area contributed by atoms with Gasteiger partial charge in [-0.1, -0.05) is 18.0 Å². The molecule has 1 fully saturated rings. The molecular weight excluding hydrogens is 514 g/mol. The fourth-order valence-corrected chi connectivity index (χ4v) is 7.49. The van der Waals surface area contributed by atoms with Crippen molar-refractivity contribution in [3.05, 3.63) is 45.3 Å². The topological polar surface area (TPSA) is 79.0 Å². The van der Waals surface area contributed by atoms with E-state index >= 15 is 0 Å². The Morgan fingerprint density at radius 3 is 2.47 bits per heavy atom. The minimum absolute atomic E-state index is 0.227. The lowest BCUT2D eigenvalue weighted by Crippen LogP contribution is -2.51. The molecule has 7 nitrogen and oxygen atoms in total. The van der Waals surface area contributed by atoms with E-state index in [0.717, 1.165) is 42.7 Å². The number of nitrogens with zero attached hydrogens (tertiary/aromatic N) is 2. The minimum atomic E-state index is -3.59. The number of anilines is 1. The third kappa shape index (κ3) is 5.41. The third-order valence-corrected chi connectivity index (χ3v) is 9.83. The molecule has 0 saturated carbocycles. The number of piperazine rings is 1. The molecule has 2 heterocycles. The molecule has 1 aliphatic heterocycles. The summed E-state index contributed by atoms with van der Waals surface area (Å²) < 4.78 is 32.7. The summed E-state index contributed by atoms with van der Waals surface area (Å²) in [7, 11) is -3.59. The average Bonchev–Trinajstić information content (AvgIpc) is 2.99. The number of thiophene rings is 1. The summed E-state index contributed by atoms with van der Waals surface area (Å²) in [6.45, 7) is 3.67. The molecule has 1 saturated heterocycles. The highest BCUT2D eigenvalue weighted by Gasteiger charge is 2.31. The van der Waals surface area contributed by atoms with Crippen LogP contribution in [-0.2, 0) is 27.6 Å². The van der Waals surface area contributed by atoms with Crippen LogP contribution in [0.2, 0.25) is 5.02 Å². The number of benzene rings is 1. The highest BCUT2D eigenvalue weighted by atomic mass is 35.5. The largest absolute Gasteiger partial charge is 0.462 e. The van der Waals surface area contributed by atoms with Gasteiger partial charge in [0.05, 0.1) is 17.1 Å². The molecule has 1 aromatic heterocycles. The summed E-state index contributed by atoms with van der Waals surface area (Å²) >= 11 is 13.1. The zero-order chi connectivity index (χ0) is 24.3. The van der Waals surface area contributed by atoms with Crippen molar-refractivity contribution in [2.75, 3.05) is 38.1 Å². The first kappa shape index (κ1) is 25.4. The number of halogens is 1. The number of hydrogen-bond donors (Lipinski definition) is 1. The van der Waals surface area contributed by atoms with Crippen LogP contribution in [-0.4, -0.2) is 61.5 Å². The van der Waals surface area contributed by atoms with Gasteiger partial charge in [0, 0.05) is 36.1 Å². The van der Waals surface area contributed by atoms with Gasteiger partial charge in [0.1, 0.15) is 5.00 Å². The van der Waals surface area contributed by atoms with Gasteiger partial charge in [-0.2, -0.15) is 4.31 Å². The number of carbonyl (C=O) groups is 1. The van der Waals surface area contributed by atoms with Crippen LogP contribution in [0.15, 0.2) is 29.2 Å². The summed E-state index contributed by atoms with van der Waals surface area (Å²) in [4.78, 5) is 16.2. The lowest BCUT2D eigenvalue weighted by molar-refractivity contribution is 0.0526. The lowest BCUT2D eigenvalue weighted by atomic mass is 10.1. The first-order valence-electron chi connectivity index (χ1n) is 11.4. The second-order valence-electron chi connectivity index (χ2n) is 8.26. The van der Waals surface area contributed by atoms with Crippen LogP contribution in [0.25, 0.3) is 0 Å². The summed E-state index contributed by atoms with van der Waals surface area (Å²) in [6, 6.07) is 6.20. The van der Waals surface area contributed by atoms with Crippen molar-refractivity contribution in [1.82, 2.24) is 9.21 Å². The van der Waals surface area contributed by atoms with Crippen LogP contribution in [0.1, 0.15) is 47.0 Å². The summed E-state index contributed by atoms with van der Waals surface area (Å²) in [5, 5.41) is 4.99. The molecule has 0 bridgehead atoms. The number of thiocarbonyl (C=S) groups is 1. The third-order valence-electron chi connectivity index (χ3n) is 6.10. The van der Waals surface area contributed by atoms with Crippen LogP contribution >= 0.6 is 35.2 Å². The molecular formula is C23H28ClN3O4S3. The maximum atomic E-state index is 13.0. The lowest BCUT2D eigenvalue weighted by Gasteiger charge is -2.35. The molecule has 1 aromatic carbocycles. The molecule has 11 heteroatoms. The summed E-state index contributed by atoms with van der Waals surface area (Å²) in [5.74, 6) is -0.314. The van der Waals surface area contributed by atoms with Gasteiger partial charge in [0.15, 0.2) is 5.11 Å². The fraction of sp³-hybridized carbons (Fsp3) is 0.478. The van der Waals surface area contributed by atoms with Gasteiger partial charge in [-0.15, -0.1) is 11.3 Å². The van der Waals surface area contributed by atoms with Gasteiger partial charge in [0.2, 0.25) is 10.0 Å². The fourth-order valence-electron chi connectivity index (χ4n) is 4.31. The van der Waals surface area contributed by atoms with Crippen LogP contribution in [0, 0.1) is 0 Å². The Labute approximate surface area is 215 Å². The van der Waals surface area contributed by atoms with Gasteiger partial charge in [-0.25, -0.2) is 13.2 Å². The van der Waals surface area contributed by atoms with Crippen molar-refractivity contribution < 1.29 is 17.9 Å². The van der Waals surface area contributed by atoms with E-state index in [9.17, 15) is 13.2 Å². The van der Waals surface area contributed by atoms with Gasteiger partial charge >= 0.3 is 5.97 Å².